The Balaban J connectivity index is 2.83. The number of hydrogen-bond acceptors (Lipinski definition) is 3. The molecule has 0 unspecified atom stereocenters. The Morgan fingerprint density at radius 3 is 1.52 bits per heavy atom. The number of carbonyl (C=O) groups is 1. The van der Waals surface area contributed by atoms with E-state index in [2.05, 4.69) is 85.0 Å². The third kappa shape index (κ3) is 6.31. The van der Waals surface area contributed by atoms with Crippen LogP contribution in [0.4, 0.5) is 0 Å². The van der Waals surface area contributed by atoms with Crippen LogP contribution in [0.25, 0.3) is 0 Å². The fraction of sp³-hybridized carbons (Fsp3) is 0.552. The fourth-order valence-electron chi connectivity index (χ4n) is 4.39. The van der Waals surface area contributed by atoms with Crippen LogP contribution >= 0.6 is 0 Å². The van der Waals surface area contributed by atoms with Crippen LogP contribution in [0, 0.1) is 0 Å². The average molecular weight is 454 g/mol. The predicted molar refractivity (Wildman–Crippen MR) is 138 cm³/mol. The molecule has 0 saturated heterocycles. The molecule has 0 aliphatic carbocycles. The molecule has 33 heavy (non-hydrogen) atoms. The van der Waals surface area contributed by atoms with Crippen molar-refractivity contribution in [3.63, 3.8) is 0 Å². The number of benzene rings is 2. The maximum absolute atomic E-state index is 11.6. The van der Waals surface area contributed by atoms with Crippen molar-refractivity contribution in [1.29, 1.82) is 0 Å². The fourth-order valence-corrected chi connectivity index (χ4v) is 4.39. The Labute approximate surface area is 200 Å². The first-order valence-corrected chi connectivity index (χ1v) is 12.2. The topological polar surface area (TPSA) is 69.6 Å². The number of carbonyl (C=O) groups excluding carboxylic acids is 1. The highest BCUT2D eigenvalue weighted by Crippen LogP contribution is 2.46. The molecule has 0 bridgehead atoms. The molecular formula is C29H43NO3. The summed E-state index contributed by atoms with van der Waals surface area (Å²) in [5, 5.41) is 25.8. The molecule has 0 saturated carbocycles. The Morgan fingerprint density at radius 2 is 1.21 bits per heavy atom. The summed E-state index contributed by atoms with van der Waals surface area (Å²) in [6.07, 6.45) is 2.28. The summed E-state index contributed by atoms with van der Waals surface area (Å²) in [5.41, 5.74) is 5.29. The first kappa shape index (κ1) is 26.8. The maximum Gasteiger partial charge on any atom is 0.216 e. The first-order valence-electron chi connectivity index (χ1n) is 12.2. The van der Waals surface area contributed by atoms with Crippen LogP contribution in [0.2, 0.25) is 0 Å². The second-order valence-electron chi connectivity index (χ2n) is 11.2. The van der Waals surface area contributed by atoms with Gasteiger partial charge in [0.25, 0.3) is 0 Å². The number of aromatic hydroxyl groups is 2. The lowest BCUT2D eigenvalue weighted by molar-refractivity contribution is -0.118. The molecule has 1 amide bonds. The van der Waals surface area contributed by atoms with Gasteiger partial charge in [-0.15, -0.1) is 0 Å². The van der Waals surface area contributed by atoms with E-state index < -0.39 is 0 Å². The molecule has 0 spiro atoms. The summed E-state index contributed by atoms with van der Waals surface area (Å²) in [7, 11) is 0. The van der Waals surface area contributed by atoms with E-state index in [-0.39, 0.29) is 34.2 Å². The van der Waals surface area contributed by atoms with Gasteiger partial charge in [-0.1, -0.05) is 79.7 Å². The first-order chi connectivity index (χ1) is 15.2. The van der Waals surface area contributed by atoms with Gasteiger partial charge >= 0.3 is 0 Å². The van der Waals surface area contributed by atoms with Crippen molar-refractivity contribution < 1.29 is 15.0 Å². The molecule has 2 rings (SSSR count). The summed E-state index contributed by atoms with van der Waals surface area (Å²) in [4.78, 5) is 11.6. The van der Waals surface area contributed by atoms with E-state index in [1.54, 1.807) is 0 Å². The van der Waals surface area contributed by atoms with Crippen molar-refractivity contribution in [3.8, 4) is 11.5 Å². The Morgan fingerprint density at radius 1 is 0.818 bits per heavy atom. The van der Waals surface area contributed by atoms with Gasteiger partial charge in [0.2, 0.25) is 5.91 Å². The monoisotopic (exact) mass is 453 g/mol. The number of phenolic OH excluding ortho intramolecular Hbond substituents is 2. The second-order valence-corrected chi connectivity index (χ2v) is 11.2. The van der Waals surface area contributed by atoms with Crippen LogP contribution in [0.1, 0.15) is 108 Å². The third-order valence-electron chi connectivity index (χ3n) is 6.39. The minimum atomic E-state index is -0.253. The number of hydrogen-bond donors (Lipinski definition) is 3. The van der Waals surface area contributed by atoms with Gasteiger partial charge in [-0.3, -0.25) is 4.79 Å². The Bertz CT molecular complexity index is 922. The van der Waals surface area contributed by atoms with E-state index >= 15 is 0 Å². The lowest BCUT2D eigenvalue weighted by atomic mass is 9.77. The predicted octanol–water partition coefficient (Wildman–Crippen LogP) is 6.48. The highest BCUT2D eigenvalue weighted by molar-refractivity contribution is 5.72. The minimum absolute atomic E-state index is 0.0856. The quantitative estimate of drug-likeness (QED) is 0.450. The van der Waals surface area contributed by atoms with Gasteiger partial charge in [-0.05, 0) is 52.3 Å². The molecule has 0 aliphatic heterocycles. The van der Waals surface area contributed by atoms with E-state index in [1.807, 2.05) is 0 Å². The van der Waals surface area contributed by atoms with Gasteiger partial charge in [0.05, 0.1) is 0 Å². The number of phenols is 2. The molecule has 0 atom stereocenters. The SMILES string of the molecule is CCc1cc(C(CCNC(C)=O)c2cc(CC)cc(C(C)(C)C)c2O)c(O)c(C(C)(C)C)c1. The second kappa shape index (κ2) is 10.2. The molecule has 0 aliphatic rings. The van der Waals surface area contributed by atoms with Crippen LogP contribution in [0.15, 0.2) is 24.3 Å². The zero-order valence-electron chi connectivity index (χ0n) is 22.0. The van der Waals surface area contributed by atoms with Gasteiger partial charge in [0, 0.05) is 30.5 Å². The normalized spacial score (nSPS) is 12.3. The molecule has 0 heterocycles. The minimum Gasteiger partial charge on any atom is -0.507 e. The summed E-state index contributed by atoms with van der Waals surface area (Å²) in [5.74, 6) is 0.229. The van der Waals surface area contributed by atoms with Crippen LogP contribution in [0.5, 0.6) is 11.5 Å². The van der Waals surface area contributed by atoms with E-state index in [9.17, 15) is 15.0 Å². The standard InChI is InChI=1S/C29H43NO3/c1-10-19-14-22(26(32)24(16-19)28(4,5)6)21(12-13-30-18(3)31)23-15-20(11-2)17-25(27(23)33)29(7,8)9/h14-17,21,32-33H,10-13H2,1-9H3,(H,30,31). The van der Waals surface area contributed by atoms with Gasteiger partial charge in [0.1, 0.15) is 11.5 Å². The van der Waals surface area contributed by atoms with E-state index in [0.717, 1.165) is 46.2 Å². The number of nitrogens with one attached hydrogen (secondary N) is 1. The molecule has 4 nitrogen and oxygen atoms in total. The average Bonchev–Trinajstić information content (AvgIpc) is 2.70. The summed E-state index contributed by atoms with van der Waals surface area (Å²) >= 11 is 0. The van der Waals surface area contributed by atoms with E-state index in [0.29, 0.717) is 13.0 Å². The molecule has 0 fully saturated rings. The molecule has 182 valence electrons. The number of rotatable bonds is 7. The smallest absolute Gasteiger partial charge is 0.216 e. The molecule has 0 radical (unpaired) electrons. The van der Waals surface area contributed by atoms with Crippen molar-refractivity contribution in [2.24, 2.45) is 0 Å². The van der Waals surface area contributed by atoms with E-state index in [4.69, 9.17) is 0 Å². The van der Waals surface area contributed by atoms with Crippen molar-refractivity contribution in [3.05, 3.63) is 57.6 Å². The van der Waals surface area contributed by atoms with Crippen molar-refractivity contribution in [1.82, 2.24) is 5.32 Å². The third-order valence-corrected chi connectivity index (χ3v) is 6.39. The number of amides is 1. The molecule has 0 aromatic heterocycles. The maximum atomic E-state index is 11.6. The van der Waals surface area contributed by atoms with Crippen LogP contribution < -0.4 is 5.32 Å². The summed E-state index contributed by atoms with van der Waals surface area (Å²) in [6, 6.07) is 8.31. The van der Waals surface area contributed by atoms with Crippen LogP contribution in [-0.4, -0.2) is 22.7 Å². The zero-order valence-corrected chi connectivity index (χ0v) is 22.0. The highest BCUT2D eigenvalue weighted by Gasteiger charge is 2.30. The highest BCUT2D eigenvalue weighted by atomic mass is 16.3. The lowest BCUT2D eigenvalue weighted by Crippen LogP contribution is -2.23. The van der Waals surface area contributed by atoms with Crippen molar-refractivity contribution in [2.75, 3.05) is 6.54 Å². The zero-order chi connectivity index (χ0) is 25.1. The Hall–Kier alpha value is -2.49. The molecule has 3 N–H and O–H groups in total. The largest absolute Gasteiger partial charge is 0.507 e. The van der Waals surface area contributed by atoms with Crippen LogP contribution in [-0.2, 0) is 28.5 Å². The number of aryl methyl sites for hydroxylation is 2. The molecule has 4 heteroatoms. The van der Waals surface area contributed by atoms with E-state index in [1.165, 1.54) is 6.92 Å². The van der Waals surface area contributed by atoms with Crippen molar-refractivity contribution >= 4 is 5.91 Å². The van der Waals surface area contributed by atoms with Gasteiger partial charge in [-0.25, -0.2) is 0 Å². The van der Waals surface area contributed by atoms with Gasteiger partial charge < -0.3 is 15.5 Å². The molecular weight excluding hydrogens is 410 g/mol. The van der Waals surface area contributed by atoms with Crippen LogP contribution in [0.3, 0.4) is 0 Å². The molecule has 2 aromatic carbocycles. The Kier molecular flexibility index (Phi) is 8.27. The van der Waals surface area contributed by atoms with Gasteiger partial charge in [0.15, 0.2) is 0 Å². The summed E-state index contributed by atoms with van der Waals surface area (Å²) < 4.78 is 0. The lowest BCUT2D eigenvalue weighted by Gasteiger charge is -2.29. The van der Waals surface area contributed by atoms with Crippen molar-refractivity contribution in [2.45, 2.75) is 98.3 Å². The van der Waals surface area contributed by atoms with Gasteiger partial charge in [-0.2, -0.15) is 0 Å². The summed E-state index contributed by atoms with van der Waals surface area (Å²) in [6.45, 7) is 18.8. The molecule has 2 aromatic rings.